The third-order valence-corrected chi connectivity index (χ3v) is 1.51. The minimum atomic E-state index is 0.614. The first-order chi connectivity index (χ1) is 5.68. The van der Waals surface area contributed by atoms with Crippen LogP contribution in [0.3, 0.4) is 0 Å². The molecule has 0 aromatic carbocycles. The first-order valence-electron chi connectivity index (χ1n) is 3.89. The van der Waals surface area contributed by atoms with Crippen LogP contribution in [-0.2, 0) is 6.42 Å². The summed E-state index contributed by atoms with van der Waals surface area (Å²) >= 11 is 0. The molecule has 0 saturated carbocycles. The van der Waals surface area contributed by atoms with E-state index < -0.39 is 0 Å². The van der Waals surface area contributed by atoms with E-state index in [1.165, 1.54) is 0 Å². The summed E-state index contributed by atoms with van der Waals surface area (Å²) in [6.07, 6.45) is 4.14. The number of hydrogen-bond donors (Lipinski definition) is 1. The first-order valence-corrected chi connectivity index (χ1v) is 3.89. The molecule has 1 heterocycles. The average Bonchev–Trinajstić information content (AvgIpc) is 2.03. The Morgan fingerprint density at radius 3 is 2.42 bits per heavy atom. The summed E-state index contributed by atoms with van der Waals surface area (Å²) in [5.74, 6) is 0.845. The molecule has 66 valence electrons. The molecule has 1 aromatic heterocycles. The van der Waals surface area contributed by atoms with Crippen molar-refractivity contribution in [2.45, 2.75) is 6.42 Å². The Bertz CT molecular complexity index is 229. The molecule has 0 aliphatic heterocycles. The number of nitrogens with two attached hydrogens (primary N) is 1. The van der Waals surface area contributed by atoms with Gasteiger partial charge in [0.1, 0.15) is 5.82 Å². The minimum Gasteiger partial charge on any atom is -0.396 e. The van der Waals surface area contributed by atoms with Crippen LogP contribution in [0.5, 0.6) is 0 Å². The van der Waals surface area contributed by atoms with E-state index in [1.54, 1.807) is 12.4 Å². The maximum absolute atomic E-state index is 5.45. The molecule has 0 fully saturated rings. The maximum atomic E-state index is 5.45. The van der Waals surface area contributed by atoms with Crippen LogP contribution in [0.15, 0.2) is 12.4 Å². The van der Waals surface area contributed by atoms with E-state index in [4.69, 9.17) is 5.73 Å². The molecule has 0 unspecified atom stereocenters. The van der Waals surface area contributed by atoms with E-state index in [0.717, 1.165) is 18.8 Å². The van der Waals surface area contributed by atoms with Gasteiger partial charge in [-0.05, 0) is 14.1 Å². The Hall–Kier alpha value is -1.16. The van der Waals surface area contributed by atoms with Crippen molar-refractivity contribution in [3.63, 3.8) is 0 Å². The number of likely N-dealkylation sites (N-methyl/N-ethyl adjacent to an activating group) is 1. The zero-order chi connectivity index (χ0) is 8.97. The molecule has 0 atom stereocenters. The van der Waals surface area contributed by atoms with Gasteiger partial charge in [0.2, 0.25) is 0 Å². The van der Waals surface area contributed by atoms with Crippen LogP contribution in [0.2, 0.25) is 0 Å². The fourth-order valence-corrected chi connectivity index (χ4v) is 0.817. The molecular formula is C8H14N4. The van der Waals surface area contributed by atoms with Gasteiger partial charge in [0.05, 0.1) is 18.1 Å². The van der Waals surface area contributed by atoms with Crippen LogP contribution in [-0.4, -0.2) is 35.5 Å². The van der Waals surface area contributed by atoms with E-state index in [2.05, 4.69) is 14.9 Å². The van der Waals surface area contributed by atoms with Crippen molar-refractivity contribution in [3.05, 3.63) is 18.2 Å². The van der Waals surface area contributed by atoms with Crippen molar-refractivity contribution >= 4 is 5.69 Å². The zero-order valence-electron chi connectivity index (χ0n) is 7.49. The van der Waals surface area contributed by atoms with Gasteiger partial charge in [0.15, 0.2) is 0 Å². The summed E-state index contributed by atoms with van der Waals surface area (Å²) in [7, 11) is 4.05. The third-order valence-electron chi connectivity index (χ3n) is 1.51. The second-order valence-corrected chi connectivity index (χ2v) is 2.99. The maximum Gasteiger partial charge on any atom is 0.129 e. The number of rotatable bonds is 3. The van der Waals surface area contributed by atoms with Crippen LogP contribution in [0.1, 0.15) is 5.82 Å². The molecule has 0 saturated heterocycles. The fraction of sp³-hybridized carbons (Fsp3) is 0.500. The van der Waals surface area contributed by atoms with Crippen LogP contribution in [0.4, 0.5) is 5.69 Å². The number of aromatic nitrogens is 2. The summed E-state index contributed by atoms with van der Waals surface area (Å²) in [6, 6.07) is 0. The molecular weight excluding hydrogens is 152 g/mol. The second kappa shape index (κ2) is 4.01. The van der Waals surface area contributed by atoms with Gasteiger partial charge in [-0.25, -0.2) is 9.97 Å². The van der Waals surface area contributed by atoms with Gasteiger partial charge < -0.3 is 10.6 Å². The molecule has 1 aromatic rings. The van der Waals surface area contributed by atoms with E-state index in [-0.39, 0.29) is 0 Å². The minimum absolute atomic E-state index is 0.614. The van der Waals surface area contributed by atoms with E-state index in [9.17, 15) is 0 Å². The molecule has 12 heavy (non-hydrogen) atoms. The molecule has 0 radical (unpaired) electrons. The van der Waals surface area contributed by atoms with Gasteiger partial charge in [-0.1, -0.05) is 0 Å². The molecule has 2 N–H and O–H groups in total. The Balaban J connectivity index is 2.48. The van der Waals surface area contributed by atoms with Crippen molar-refractivity contribution in [1.29, 1.82) is 0 Å². The van der Waals surface area contributed by atoms with Crippen LogP contribution in [0, 0.1) is 0 Å². The van der Waals surface area contributed by atoms with Crippen LogP contribution in [0.25, 0.3) is 0 Å². The van der Waals surface area contributed by atoms with E-state index in [0.29, 0.717) is 5.69 Å². The van der Waals surface area contributed by atoms with E-state index >= 15 is 0 Å². The van der Waals surface area contributed by atoms with Crippen molar-refractivity contribution in [2.24, 2.45) is 0 Å². The van der Waals surface area contributed by atoms with Gasteiger partial charge in [-0.3, -0.25) is 0 Å². The topological polar surface area (TPSA) is 55.0 Å². The van der Waals surface area contributed by atoms with Gasteiger partial charge in [0.25, 0.3) is 0 Å². The Morgan fingerprint density at radius 1 is 1.33 bits per heavy atom. The lowest BCUT2D eigenvalue weighted by molar-refractivity contribution is 0.409. The quantitative estimate of drug-likeness (QED) is 0.695. The highest BCUT2D eigenvalue weighted by atomic mass is 15.1. The summed E-state index contributed by atoms with van der Waals surface area (Å²) in [5.41, 5.74) is 6.06. The van der Waals surface area contributed by atoms with Crippen molar-refractivity contribution in [3.8, 4) is 0 Å². The van der Waals surface area contributed by atoms with Gasteiger partial charge >= 0.3 is 0 Å². The predicted molar refractivity (Wildman–Crippen MR) is 48.7 cm³/mol. The highest BCUT2D eigenvalue weighted by Gasteiger charge is 1.96. The van der Waals surface area contributed by atoms with E-state index in [1.807, 2.05) is 14.1 Å². The summed E-state index contributed by atoms with van der Waals surface area (Å²) in [4.78, 5) is 10.3. The van der Waals surface area contributed by atoms with Crippen LogP contribution < -0.4 is 5.73 Å². The summed E-state index contributed by atoms with van der Waals surface area (Å²) < 4.78 is 0. The molecule has 0 bridgehead atoms. The Morgan fingerprint density at radius 2 is 1.92 bits per heavy atom. The molecule has 0 aliphatic carbocycles. The zero-order valence-corrected chi connectivity index (χ0v) is 7.49. The van der Waals surface area contributed by atoms with Crippen molar-refractivity contribution in [2.75, 3.05) is 26.4 Å². The van der Waals surface area contributed by atoms with Crippen molar-refractivity contribution < 1.29 is 0 Å². The van der Waals surface area contributed by atoms with Gasteiger partial charge in [0, 0.05) is 13.0 Å². The third kappa shape index (κ3) is 2.84. The first kappa shape index (κ1) is 8.93. The molecule has 4 heteroatoms. The molecule has 0 aliphatic rings. The number of anilines is 1. The SMILES string of the molecule is CN(C)CCc1ncc(N)cn1. The standard InChI is InChI=1S/C8H14N4/c1-12(2)4-3-8-10-5-7(9)6-11-8/h5-6H,3-4,9H2,1-2H3. The monoisotopic (exact) mass is 166 g/mol. The van der Waals surface area contributed by atoms with Crippen LogP contribution >= 0.6 is 0 Å². The smallest absolute Gasteiger partial charge is 0.129 e. The largest absolute Gasteiger partial charge is 0.396 e. The van der Waals surface area contributed by atoms with Gasteiger partial charge in [-0.15, -0.1) is 0 Å². The highest BCUT2D eigenvalue weighted by molar-refractivity contribution is 5.30. The number of nitrogens with zero attached hydrogens (tertiary/aromatic N) is 3. The predicted octanol–water partition coefficient (Wildman–Crippen LogP) is 0.163. The molecule has 4 nitrogen and oxygen atoms in total. The molecule has 1 rings (SSSR count). The van der Waals surface area contributed by atoms with Gasteiger partial charge in [-0.2, -0.15) is 0 Å². The lowest BCUT2D eigenvalue weighted by atomic mass is 10.4. The summed E-state index contributed by atoms with van der Waals surface area (Å²) in [6.45, 7) is 0.962. The lowest BCUT2D eigenvalue weighted by Gasteiger charge is -2.07. The fourth-order valence-electron chi connectivity index (χ4n) is 0.817. The molecule has 0 amide bonds. The molecule has 0 spiro atoms. The Kier molecular flexibility index (Phi) is 2.99. The highest BCUT2D eigenvalue weighted by Crippen LogP contribution is 1.97. The number of hydrogen-bond acceptors (Lipinski definition) is 4. The average molecular weight is 166 g/mol. The normalized spacial score (nSPS) is 10.6. The second-order valence-electron chi connectivity index (χ2n) is 2.99. The number of nitrogen functional groups attached to an aromatic ring is 1. The summed E-state index contributed by atoms with van der Waals surface area (Å²) in [5, 5.41) is 0. The lowest BCUT2D eigenvalue weighted by Crippen LogP contribution is -2.16. The van der Waals surface area contributed by atoms with Crippen molar-refractivity contribution in [1.82, 2.24) is 14.9 Å². The Labute approximate surface area is 72.4 Å².